The summed E-state index contributed by atoms with van der Waals surface area (Å²) in [4.78, 5) is 3.61. The molecule has 1 fully saturated rings. The van der Waals surface area contributed by atoms with E-state index in [0.29, 0.717) is 12.1 Å². The van der Waals surface area contributed by atoms with Crippen LogP contribution in [0.1, 0.15) is 13.3 Å². The van der Waals surface area contributed by atoms with Crippen LogP contribution in [0.2, 0.25) is 0 Å². The maximum atomic E-state index is 13.5. The third-order valence-electron chi connectivity index (χ3n) is 3.10. The molecule has 8 heteroatoms. The van der Waals surface area contributed by atoms with Crippen LogP contribution in [-0.2, 0) is 10.0 Å². The van der Waals surface area contributed by atoms with E-state index in [1.807, 2.05) is 0 Å². The van der Waals surface area contributed by atoms with Crippen molar-refractivity contribution in [2.75, 3.05) is 13.1 Å². The molecule has 0 aromatic carbocycles. The first-order chi connectivity index (χ1) is 8.96. The summed E-state index contributed by atoms with van der Waals surface area (Å²) in [6.45, 7) is 2.06. The summed E-state index contributed by atoms with van der Waals surface area (Å²) in [5.74, 6) is -1.07. The van der Waals surface area contributed by atoms with Gasteiger partial charge in [0.25, 0.3) is 10.0 Å². The van der Waals surface area contributed by atoms with Crippen LogP contribution < -0.4 is 0 Å². The van der Waals surface area contributed by atoms with Crippen molar-refractivity contribution in [1.29, 1.82) is 0 Å². The first-order valence-electron chi connectivity index (χ1n) is 5.78. The van der Waals surface area contributed by atoms with Crippen molar-refractivity contribution in [3.8, 4) is 0 Å². The highest BCUT2D eigenvalue weighted by Crippen LogP contribution is 2.22. The van der Waals surface area contributed by atoms with Crippen LogP contribution in [0.3, 0.4) is 0 Å². The van der Waals surface area contributed by atoms with Crippen LogP contribution >= 0.6 is 0 Å². The second-order valence-corrected chi connectivity index (χ2v) is 6.25. The highest BCUT2D eigenvalue weighted by Gasteiger charge is 2.34. The fraction of sp³-hybridized carbons (Fsp3) is 0.455. The molecule has 1 N–H and O–H groups in total. The summed E-state index contributed by atoms with van der Waals surface area (Å²) in [6.07, 6.45) is 1.56. The summed E-state index contributed by atoms with van der Waals surface area (Å²) in [7, 11) is -3.95. The molecule has 0 amide bonds. The van der Waals surface area contributed by atoms with Crippen LogP contribution in [0.4, 0.5) is 4.39 Å². The summed E-state index contributed by atoms with van der Waals surface area (Å²) < 4.78 is 39.3. The lowest BCUT2D eigenvalue weighted by atomic mass is 10.00. The molecule has 1 atom stereocenters. The van der Waals surface area contributed by atoms with E-state index in [4.69, 9.17) is 5.21 Å². The predicted octanol–water partition coefficient (Wildman–Crippen LogP) is 1.08. The van der Waals surface area contributed by atoms with Gasteiger partial charge in [0.2, 0.25) is 5.03 Å². The quantitative estimate of drug-likeness (QED) is 0.652. The zero-order valence-electron chi connectivity index (χ0n) is 10.3. The van der Waals surface area contributed by atoms with Gasteiger partial charge in [-0.15, -0.1) is 0 Å². The van der Waals surface area contributed by atoms with Gasteiger partial charge < -0.3 is 5.21 Å². The van der Waals surface area contributed by atoms with Gasteiger partial charge in [0.1, 0.15) is 0 Å². The van der Waals surface area contributed by atoms with Gasteiger partial charge in [-0.2, -0.15) is 4.31 Å². The van der Waals surface area contributed by atoms with Gasteiger partial charge in [-0.05, 0) is 12.1 Å². The Bertz CT molecular complexity index is 603. The molecule has 0 saturated carbocycles. The zero-order chi connectivity index (χ0) is 14.0. The molecule has 0 aliphatic carbocycles. The number of piperidine rings is 1. The molecule has 104 valence electrons. The average Bonchev–Trinajstić information content (AvgIpc) is 2.39. The van der Waals surface area contributed by atoms with E-state index in [9.17, 15) is 12.8 Å². The Hall–Kier alpha value is -1.54. The number of aromatic nitrogens is 1. The van der Waals surface area contributed by atoms with Crippen molar-refractivity contribution in [1.82, 2.24) is 9.29 Å². The maximum Gasteiger partial charge on any atom is 0.263 e. The molecule has 6 nitrogen and oxygen atoms in total. The number of pyridine rings is 1. The number of nitrogens with zero attached hydrogens (tertiary/aromatic N) is 3. The summed E-state index contributed by atoms with van der Waals surface area (Å²) >= 11 is 0. The molecule has 1 aliphatic heterocycles. The second kappa shape index (κ2) is 5.22. The van der Waals surface area contributed by atoms with Crippen LogP contribution in [0.15, 0.2) is 28.5 Å². The third-order valence-corrected chi connectivity index (χ3v) is 4.90. The minimum absolute atomic E-state index is 0.151. The van der Waals surface area contributed by atoms with E-state index >= 15 is 0 Å². The molecule has 1 aromatic heterocycles. The molecule has 19 heavy (non-hydrogen) atoms. The maximum absolute atomic E-state index is 13.5. The number of halogens is 1. The Morgan fingerprint density at radius 1 is 1.58 bits per heavy atom. The van der Waals surface area contributed by atoms with Crippen molar-refractivity contribution >= 4 is 15.7 Å². The van der Waals surface area contributed by atoms with Gasteiger partial charge in [-0.25, -0.2) is 17.8 Å². The summed E-state index contributed by atoms with van der Waals surface area (Å²) in [5.41, 5.74) is 0.549. The lowest BCUT2D eigenvalue weighted by Gasteiger charge is -2.30. The Morgan fingerprint density at radius 3 is 2.89 bits per heavy atom. The van der Waals surface area contributed by atoms with Gasteiger partial charge in [0.15, 0.2) is 5.82 Å². The standard InChI is InChI=1S/C11H14FN3O3S/c1-8-7-15(6-4-10(8)14-16)19(17,18)11-9(12)3-2-5-13-11/h2-3,5,8,16H,4,6-7H2,1H3/b14-10+. The smallest absolute Gasteiger partial charge is 0.263 e. The lowest BCUT2D eigenvalue weighted by molar-refractivity contribution is 0.300. The second-order valence-electron chi connectivity index (χ2n) is 4.40. The molecule has 1 unspecified atom stereocenters. The van der Waals surface area contributed by atoms with E-state index < -0.39 is 20.9 Å². The van der Waals surface area contributed by atoms with Gasteiger partial charge in [0, 0.05) is 31.6 Å². The number of hydrogen-bond donors (Lipinski definition) is 1. The van der Waals surface area contributed by atoms with Crippen molar-refractivity contribution in [3.63, 3.8) is 0 Å². The normalized spacial score (nSPS) is 23.7. The van der Waals surface area contributed by atoms with E-state index in [1.54, 1.807) is 6.92 Å². The fourth-order valence-electron chi connectivity index (χ4n) is 2.04. The number of rotatable bonds is 2. The van der Waals surface area contributed by atoms with Gasteiger partial charge in [-0.1, -0.05) is 12.1 Å². The fourth-order valence-corrected chi connectivity index (χ4v) is 3.54. The van der Waals surface area contributed by atoms with Crippen LogP contribution in [-0.4, -0.2) is 41.7 Å². The summed E-state index contributed by atoms with van der Waals surface area (Å²) in [5, 5.41) is 11.3. The summed E-state index contributed by atoms with van der Waals surface area (Å²) in [6, 6.07) is 2.40. The van der Waals surface area contributed by atoms with E-state index in [2.05, 4.69) is 10.1 Å². The van der Waals surface area contributed by atoms with Crippen LogP contribution in [0, 0.1) is 11.7 Å². The first-order valence-corrected chi connectivity index (χ1v) is 7.22. The molecular formula is C11H14FN3O3S. The average molecular weight is 287 g/mol. The molecule has 2 heterocycles. The topological polar surface area (TPSA) is 82.9 Å². The largest absolute Gasteiger partial charge is 0.411 e. The number of hydrogen-bond acceptors (Lipinski definition) is 5. The number of oxime groups is 1. The van der Waals surface area contributed by atoms with Gasteiger partial charge in [-0.3, -0.25) is 0 Å². The lowest BCUT2D eigenvalue weighted by Crippen LogP contribution is -2.43. The van der Waals surface area contributed by atoms with Crippen molar-refractivity contribution in [3.05, 3.63) is 24.1 Å². The SMILES string of the molecule is CC1CN(S(=O)(=O)c2ncccc2F)CC/C1=N\O. The van der Waals surface area contributed by atoms with Crippen LogP contribution in [0.5, 0.6) is 0 Å². The van der Waals surface area contributed by atoms with Crippen LogP contribution in [0.25, 0.3) is 0 Å². The van der Waals surface area contributed by atoms with E-state index in [1.165, 1.54) is 12.3 Å². The number of sulfonamides is 1. The molecule has 0 spiro atoms. The zero-order valence-corrected chi connectivity index (χ0v) is 11.1. The van der Waals surface area contributed by atoms with Crippen molar-refractivity contribution in [2.45, 2.75) is 18.4 Å². The first kappa shape index (κ1) is 13.9. The molecular weight excluding hydrogens is 273 g/mol. The Labute approximate surface area is 110 Å². The minimum Gasteiger partial charge on any atom is -0.411 e. The van der Waals surface area contributed by atoms with Crippen molar-refractivity contribution in [2.24, 2.45) is 11.1 Å². The molecule has 0 radical (unpaired) electrons. The molecule has 0 bridgehead atoms. The Balaban J connectivity index is 2.30. The highest BCUT2D eigenvalue weighted by molar-refractivity contribution is 7.89. The predicted molar refractivity (Wildman–Crippen MR) is 66.0 cm³/mol. The van der Waals surface area contributed by atoms with Gasteiger partial charge in [0.05, 0.1) is 5.71 Å². The van der Waals surface area contributed by atoms with E-state index in [0.717, 1.165) is 10.4 Å². The highest BCUT2D eigenvalue weighted by atomic mass is 32.2. The van der Waals surface area contributed by atoms with Crippen molar-refractivity contribution < 1.29 is 18.0 Å². The van der Waals surface area contributed by atoms with E-state index in [-0.39, 0.29) is 19.0 Å². The molecule has 1 saturated heterocycles. The molecule has 1 aliphatic rings. The minimum atomic E-state index is -3.95. The molecule has 1 aromatic rings. The third kappa shape index (κ3) is 2.59. The Kier molecular flexibility index (Phi) is 3.81. The Morgan fingerprint density at radius 2 is 2.32 bits per heavy atom. The molecule has 2 rings (SSSR count). The monoisotopic (exact) mass is 287 g/mol. The van der Waals surface area contributed by atoms with Gasteiger partial charge >= 0.3 is 0 Å².